The van der Waals surface area contributed by atoms with Gasteiger partial charge in [-0.3, -0.25) is 0 Å². The number of hydrogen-bond donors (Lipinski definition) is 0. The van der Waals surface area contributed by atoms with E-state index in [1.807, 2.05) is 0 Å². The molecule has 67 heavy (non-hydrogen) atoms. The van der Waals surface area contributed by atoms with Crippen LogP contribution < -0.4 is 4.90 Å². The molecule has 0 bridgehead atoms. The van der Waals surface area contributed by atoms with E-state index in [1.54, 1.807) is 0 Å². The van der Waals surface area contributed by atoms with Gasteiger partial charge in [0.1, 0.15) is 0 Å². The summed E-state index contributed by atoms with van der Waals surface area (Å²) in [6, 6.07) is 75.5. The molecule has 0 amide bonds. The molecule has 1 nitrogen and oxygen atoms in total. The molecule has 3 aliphatic rings. The molecule has 0 heterocycles. The molecule has 1 heteroatoms. The Bertz CT molecular complexity index is 3200. The van der Waals surface area contributed by atoms with Crippen LogP contribution in [0.3, 0.4) is 0 Å². The van der Waals surface area contributed by atoms with E-state index in [1.165, 1.54) is 89.2 Å². The SMILES string of the molecule is C1=CCCC(C2=CC=C(N(c3ccc(-c4ccc(-c5ccccc5)cc4-c4ccccc4)cc3)c3ccc(C4=CCC(c5ccccc5)C=C4)c(-c4ccc(-c5ccccc5)cc4)c3)CC2)=C1. The summed E-state index contributed by atoms with van der Waals surface area (Å²) in [6.45, 7) is 0. The molecule has 0 radical (unpaired) electrons. The van der Waals surface area contributed by atoms with Crippen LogP contribution in [-0.2, 0) is 0 Å². The predicted molar refractivity (Wildman–Crippen MR) is 285 cm³/mol. The summed E-state index contributed by atoms with van der Waals surface area (Å²) in [5.74, 6) is 0.374. The average molecular weight is 860 g/mol. The first kappa shape index (κ1) is 41.7. The van der Waals surface area contributed by atoms with E-state index >= 15 is 0 Å². The van der Waals surface area contributed by atoms with E-state index in [0.29, 0.717) is 5.92 Å². The second-order valence-electron chi connectivity index (χ2n) is 17.8. The lowest BCUT2D eigenvalue weighted by atomic mass is 9.85. The van der Waals surface area contributed by atoms with Crippen molar-refractivity contribution in [2.24, 2.45) is 0 Å². The highest BCUT2D eigenvalue weighted by molar-refractivity contribution is 5.91. The maximum absolute atomic E-state index is 2.50. The predicted octanol–water partition coefficient (Wildman–Crippen LogP) is 18.2. The van der Waals surface area contributed by atoms with E-state index in [0.717, 1.165) is 43.5 Å². The molecule has 0 aromatic heterocycles. The summed E-state index contributed by atoms with van der Waals surface area (Å²) < 4.78 is 0. The zero-order chi connectivity index (χ0) is 44.8. The van der Waals surface area contributed by atoms with Gasteiger partial charge >= 0.3 is 0 Å². The number of nitrogens with zero attached hydrogens (tertiary/aromatic N) is 1. The summed E-state index contributed by atoms with van der Waals surface area (Å²) in [4.78, 5) is 2.50. The van der Waals surface area contributed by atoms with E-state index in [9.17, 15) is 0 Å². The minimum atomic E-state index is 0.374. The van der Waals surface area contributed by atoms with Crippen LogP contribution in [0.15, 0.2) is 272 Å². The third-order valence-corrected chi connectivity index (χ3v) is 13.7. The van der Waals surface area contributed by atoms with Gasteiger partial charge < -0.3 is 4.90 Å². The van der Waals surface area contributed by atoms with E-state index in [-0.39, 0.29) is 0 Å². The van der Waals surface area contributed by atoms with Gasteiger partial charge in [0.05, 0.1) is 0 Å². The fraction of sp³-hybridized carbons (Fsp3) is 0.0909. The van der Waals surface area contributed by atoms with Gasteiger partial charge in [0.25, 0.3) is 0 Å². The highest BCUT2D eigenvalue weighted by atomic mass is 15.1. The second kappa shape index (κ2) is 19.2. The zero-order valence-electron chi connectivity index (χ0n) is 37.8. The molecule has 0 aliphatic heterocycles. The number of hydrogen-bond acceptors (Lipinski definition) is 1. The third-order valence-electron chi connectivity index (χ3n) is 13.7. The monoisotopic (exact) mass is 859 g/mol. The smallest absolute Gasteiger partial charge is 0.0465 e. The first-order valence-electron chi connectivity index (χ1n) is 23.9. The first-order valence-corrected chi connectivity index (χ1v) is 23.9. The quantitative estimate of drug-likeness (QED) is 0.125. The van der Waals surface area contributed by atoms with Crippen molar-refractivity contribution in [1.82, 2.24) is 0 Å². The molecular formula is C66H53N. The molecule has 3 aliphatic carbocycles. The van der Waals surface area contributed by atoms with Crippen LogP contribution in [0, 0.1) is 0 Å². The molecule has 0 spiro atoms. The van der Waals surface area contributed by atoms with Gasteiger partial charge in [-0.2, -0.15) is 0 Å². The van der Waals surface area contributed by atoms with Crippen LogP contribution in [0.4, 0.5) is 11.4 Å². The molecule has 8 aromatic rings. The van der Waals surface area contributed by atoms with Crippen molar-refractivity contribution in [2.75, 3.05) is 4.90 Å². The molecular weight excluding hydrogens is 807 g/mol. The summed E-state index contributed by atoms with van der Waals surface area (Å²) >= 11 is 0. The molecule has 0 N–H and O–H groups in total. The maximum atomic E-state index is 2.50. The third kappa shape index (κ3) is 9.02. The lowest BCUT2D eigenvalue weighted by Gasteiger charge is -2.31. The summed E-state index contributed by atoms with van der Waals surface area (Å²) in [5, 5.41) is 0. The number of rotatable bonds is 11. The van der Waals surface area contributed by atoms with E-state index < -0.39 is 0 Å². The van der Waals surface area contributed by atoms with Gasteiger partial charge in [0.2, 0.25) is 0 Å². The van der Waals surface area contributed by atoms with Crippen molar-refractivity contribution in [2.45, 2.75) is 38.0 Å². The Morgan fingerprint density at radius 3 is 1.57 bits per heavy atom. The minimum absolute atomic E-state index is 0.374. The van der Waals surface area contributed by atoms with Crippen molar-refractivity contribution in [3.05, 3.63) is 283 Å². The van der Waals surface area contributed by atoms with Crippen LogP contribution in [0.2, 0.25) is 0 Å². The number of benzene rings is 8. The Balaban J connectivity index is 1.01. The molecule has 1 unspecified atom stereocenters. The lowest BCUT2D eigenvalue weighted by molar-refractivity contribution is 0.850. The fourth-order valence-corrected chi connectivity index (χ4v) is 10.1. The van der Waals surface area contributed by atoms with Gasteiger partial charge in [-0.25, -0.2) is 0 Å². The van der Waals surface area contributed by atoms with Crippen LogP contribution >= 0.6 is 0 Å². The lowest BCUT2D eigenvalue weighted by Crippen LogP contribution is -2.18. The standard InChI is InChI=1S/C66H53N/c1-6-16-48(17-7-1)52-26-30-56(31-27-52)64-45-43-62(47-66(64)58-32-28-53(29-33-58)49-18-8-2-9-19-49)67(60-39-34-54(35-40-60)50-20-10-3-11-21-50)61-41-36-57(37-42-61)63-44-38-59(51-22-12-4-13-23-51)46-65(63)55-24-14-5-15-25-55/h1-10,12-20,22-26,28-34,36-39,41-47,52H,11,21,27,35,40H2. The fourth-order valence-electron chi connectivity index (χ4n) is 10.1. The van der Waals surface area contributed by atoms with Gasteiger partial charge in [-0.15, -0.1) is 0 Å². The van der Waals surface area contributed by atoms with Gasteiger partial charge in [0, 0.05) is 23.0 Å². The number of anilines is 2. The van der Waals surface area contributed by atoms with E-state index in [2.05, 4.69) is 260 Å². The zero-order valence-corrected chi connectivity index (χ0v) is 37.8. The van der Waals surface area contributed by atoms with Gasteiger partial charge in [-0.05, 0) is 152 Å². The molecule has 1 atom stereocenters. The minimum Gasteiger partial charge on any atom is -0.314 e. The van der Waals surface area contributed by atoms with E-state index in [4.69, 9.17) is 0 Å². The van der Waals surface area contributed by atoms with Crippen LogP contribution in [-0.4, -0.2) is 0 Å². The van der Waals surface area contributed by atoms with Crippen molar-refractivity contribution in [3.8, 4) is 55.6 Å². The first-order chi connectivity index (χ1) is 33.2. The summed E-state index contributed by atoms with van der Waals surface area (Å²) in [7, 11) is 0. The Hall–Kier alpha value is -8.00. The largest absolute Gasteiger partial charge is 0.314 e. The molecule has 0 saturated heterocycles. The molecule has 8 aromatic carbocycles. The molecule has 0 saturated carbocycles. The van der Waals surface area contributed by atoms with Crippen LogP contribution in [0.5, 0.6) is 0 Å². The summed E-state index contributed by atoms with van der Waals surface area (Å²) in [6.07, 6.45) is 23.9. The van der Waals surface area contributed by atoms with Crippen molar-refractivity contribution >= 4 is 16.9 Å². The Kier molecular flexibility index (Phi) is 12.0. The van der Waals surface area contributed by atoms with Crippen molar-refractivity contribution < 1.29 is 0 Å². The molecule has 11 rings (SSSR count). The Morgan fingerprint density at radius 1 is 0.388 bits per heavy atom. The Morgan fingerprint density at radius 2 is 0.925 bits per heavy atom. The maximum Gasteiger partial charge on any atom is 0.0465 e. The van der Waals surface area contributed by atoms with Crippen molar-refractivity contribution in [3.63, 3.8) is 0 Å². The Labute approximate surface area is 396 Å². The molecule has 0 fully saturated rings. The van der Waals surface area contributed by atoms with Crippen LogP contribution in [0.25, 0.3) is 61.2 Å². The van der Waals surface area contributed by atoms with Crippen LogP contribution in [0.1, 0.15) is 49.1 Å². The molecule has 322 valence electrons. The van der Waals surface area contributed by atoms with Crippen molar-refractivity contribution in [1.29, 1.82) is 0 Å². The topological polar surface area (TPSA) is 3.24 Å². The van der Waals surface area contributed by atoms with Gasteiger partial charge in [0.15, 0.2) is 0 Å². The second-order valence-corrected chi connectivity index (χ2v) is 17.8. The van der Waals surface area contributed by atoms with Gasteiger partial charge in [-0.1, -0.05) is 218 Å². The highest BCUT2D eigenvalue weighted by Crippen LogP contribution is 2.43. The normalized spacial score (nSPS) is 15.6. The number of allylic oxidation sites excluding steroid dienone is 12. The average Bonchev–Trinajstić information content (AvgIpc) is 3.42. The summed E-state index contributed by atoms with van der Waals surface area (Å²) in [5.41, 5.74) is 22.5. The highest BCUT2D eigenvalue weighted by Gasteiger charge is 2.23.